The summed E-state index contributed by atoms with van der Waals surface area (Å²) in [5.41, 5.74) is 6.13. The molecule has 0 aliphatic heterocycles. The maximum absolute atomic E-state index is 9.23. The largest absolute Gasteiger partial charge is 0.510 e. The summed E-state index contributed by atoms with van der Waals surface area (Å²) in [4.78, 5) is 4.84. The van der Waals surface area contributed by atoms with Crippen LogP contribution in [0.25, 0.3) is 72.3 Å². The predicted octanol–water partition coefficient (Wildman–Crippen LogP) is 14.3. The molecule has 0 fully saturated rings. The van der Waals surface area contributed by atoms with E-state index >= 15 is 0 Å². The normalized spacial score (nSPS) is 15.2. The van der Waals surface area contributed by atoms with Crippen molar-refractivity contribution < 1.29 is 45.4 Å². The Kier molecular flexibility index (Phi) is 8.42. The Labute approximate surface area is 406 Å². The number of aryl methyl sites for hydroxylation is 1. The molecule has 10 aromatic rings. The molecule has 0 amide bonds. The topological polar surface area (TPSA) is 35.9 Å². The Morgan fingerprint density at radius 2 is 1.39 bits per heavy atom. The van der Waals surface area contributed by atoms with E-state index in [1.807, 2.05) is 82.3 Å². The van der Waals surface area contributed by atoms with Gasteiger partial charge in [-0.05, 0) is 92.4 Å². The van der Waals surface area contributed by atoms with E-state index in [2.05, 4.69) is 62.0 Å². The fourth-order valence-electron chi connectivity index (χ4n) is 8.17. The van der Waals surface area contributed by atoms with Crippen LogP contribution in [-0.2, 0) is 26.5 Å². The zero-order valence-electron chi connectivity index (χ0n) is 47.4. The van der Waals surface area contributed by atoms with Crippen molar-refractivity contribution in [3.8, 4) is 50.9 Å². The second-order valence-corrected chi connectivity index (χ2v) is 17.1. The number of benzene rings is 7. The molecule has 1 unspecified atom stereocenters. The van der Waals surface area contributed by atoms with Crippen molar-refractivity contribution >= 4 is 32.8 Å². The van der Waals surface area contributed by atoms with Crippen molar-refractivity contribution in [2.24, 2.45) is 5.92 Å². The summed E-state index contributed by atoms with van der Waals surface area (Å²) in [6.45, 7) is 14.4. The minimum atomic E-state index is -0.866. The number of ether oxygens (including phenoxy) is 1. The molecule has 3 heterocycles. The summed E-state index contributed by atoms with van der Waals surface area (Å²) in [5, 5.41) is 1.97. The van der Waals surface area contributed by atoms with Crippen molar-refractivity contribution in [2.45, 2.75) is 59.8 Å². The molecule has 0 spiro atoms. The van der Waals surface area contributed by atoms with Gasteiger partial charge in [0.15, 0.2) is 0 Å². The van der Waals surface area contributed by atoms with Crippen molar-refractivity contribution in [3.63, 3.8) is 0 Å². The molecule has 0 N–H and O–H groups in total. The second kappa shape index (κ2) is 17.2. The van der Waals surface area contributed by atoms with Crippen molar-refractivity contribution in [3.05, 3.63) is 199 Å². The van der Waals surface area contributed by atoms with Crippen LogP contribution in [0, 0.1) is 31.3 Å². The number of rotatable bonds is 9. The number of pyridine rings is 1. The Balaban J connectivity index is 0.00000689. The van der Waals surface area contributed by atoms with Gasteiger partial charge in [-0.25, -0.2) is 4.98 Å². The first kappa shape index (κ1) is 31.3. The van der Waals surface area contributed by atoms with Crippen molar-refractivity contribution in [1.82, 2.24) is 14.1 Å². The van der Waals surface area contributed by atoms with Crippen LogP contribution in [0.2, 0.25) is 0 Å². The summed E-state index contributed by atoms with van der Waals surface area (Å²) in [5.74, 6) is 0.565. The number of para-hydroxylation sites is 2. The summed E-state index contributed by atoms with van der Waals surface area (Å²) in [6.07, 6.45) is 5.19. The van der Waals surface area contributed by atoms with E-state index in [4.69, 9.17) is 23.4 Å². The van der Waals surface area contributed by atoms with Gasteiger partial charge in [-0.15, -0.1) is 29.7 Å². The van der Waals surface area contributed by atoms with Crippen LogP contribution >= 0.6 is 0 Å². The number of hydrogen-bond acceptors (Lipinski definition) is 2. The van der Waals surface area contributed by atoms with E-state index in [0.717, 1.165) is 32.9 Å². The standard InChI is InChI=1S/C58H50N4O.Pt/c1-38(2)40(4)43-31-32-59-55(33-43)62-52-30-27-44(58(5,6)7)34-51(52)50-29-28-47(36-54(50)62)63-46-23-15-22-45(35-46)60-37-61(56-39(3)17-14-26-53(56)60)57-48(41-18-10-8-11-19-41)24-16-25-49(57)42-20-12-9-13-21-42;/h8-34,38,40H,1-7H3;/q-2;/i8D,9D,10D,11D,12D,13D,18D,19D,20D,21D,40D;. The fourth-order valence-corrected chi connectivity index (χ4v) is 8.17. The van der Waals surface area contributed by atoms with Gasteiger partial charge in [0.2, 0.25) is 0 Å². The molecule has 0 aliphatic carbocycles. The number of fused-ring (bicyclic) bond motifs is 4. The van der Waals surface area contributed by atoms with Crippen LogP contribution in [0.5, 0.6) is 11.5 Å². The Hall–Kier alpha value is -6.55. The number of imidazole rings is 1. The summed E-state index contributed by atoms with van der Waals surface area (Å²) in [6, 6.07) is 31.7. The third-order valence-corrected chi connectivity index (χ3v) is 11.7. The van der Waals surface area contributed by atoms with Gasteiger partial charge in [0, 0.05) is 45.6 Å². The molecular formula is C58H50N4OPt-2. The number of aromatic nitrogens is 4. The number of nitrogens with zero attached hydrogens (tertiary/aromatic N) is 4. The van der Waals surface area contributed by atoms with Gasteiger partial charge in [-0.1, -0.05) is 156 Å². The zero-order valence-corrected chi connectivity index (χ0v) is 38.7. The van der Waals surface area contributed by atoms with Gasteiger partial charge in [-0.3, -0.25) is 4.57 Å². The first-order valence-electron chi connectivity index (χ1n) is 26.4. The Bertz CT molecular complexity index is 3830. The maximum Gasteiger partial charge on any atom is 0.268 e. The molecule has 64 heavy (non-hydrogen) atoms. The second-order valence-electron chi connectivity index (χ2n) is 17.1. The van der Waals surface area contributed by atoms with Gasteiger partial charge < -0.3 is 13.9 Å². The molecule has 0 saturated heterocycles. The van der Waals surface area contributed by atoms with E-state index in [0.29, 0.717) is 34.0 Å². The van der Waals surface area contributed by atoms with Crippen LogP contribution in [0.1, 0.15) is 79.2 Å². The minimum absolute atomic E-state index is 0. The van der Waals surface area contributed by atoms with Crippen molar-refractivity contribution in [2.75, 3.05) is 0 Å². The summed E-state index contributed by atoms with van der Waals surface area (Å²) < 4.78 is 109. The molecule has 3 aromatic heterocycles. The molecule has 0 bridgehead atoms. The average molecular weight is 1030 g/mol. The quantitative estimate of drug-likeness (QED) is 0.107. The van der Waals surface area contributed by atoms with Gasteiger partial charge >= 0.3 is 0 Å². The van der Waals surface area contributed by atoms with E-state index < -0.39 is 66.3 Å². The first-order chi connectivity index (χ1) is 35.0. The Morgan fingerprint density at radius 1 is 0.719 bits per heavy atom. The van der Waals surface area contributed by atoms with E-state index in [9.17, 15) is 1.37 Å². The monoisotopic (exact) mass is 1020 g/mol. The van der Waals surface area contributed by atoms with E-state index in [1.165, 1.54) is 5.56 Å². The molecule has 0 saturated carbocycles. The van der Waals surface area contributed by atoms with Gasteiger partial charge in [0.1, 0.15) is 5.82 Å². The first-order valence-corrected chi connectivity index (χ1v) is 20.9. The van der Waals surface area contributed by atoms with Gasteiger partial charge in [0.25, 0.3) is 6.33 Å². The third kappa shape index (κ3) is 7.77. The number of hydrogen-bond donors (Lipinski definition) is 0. The predicted molar refractivity (Wildman–Crippen MR) is 258 cm³/mol. The minimum Gasteiger partial charge on any atom is -0.510 e. The molecular weight excluding hydrogens is 964 g/mol. The van der Waals surface area contributed by atoms with Crippen molar-refractivity contribution in [1.29, 1.82) is 0 Å². The Morgan fingerprint density at radius 3 is 2.08 bits per heavy atom. The fraction of sp³-hybridized carbons (Fsp3) is 0.172. The molecule has 5 nitrogen and oxygen atoms in total. The summed E-state index contributed by atoms with van der Waals surface area (Å²) in [7, 11) is 0. The molecule has 320 valence electrons. The molecule has 10 rings (SSSR count). The zero-order chi connectivity index (χ0) is 53.0. The third-order valence-electron chi connectivity index (χ3n) is 11.7. The van der Waals surface area contributed by atoms with Crippen LogP contribution < -0.4 is 9.30 Å². The molecule has 0 aliphatic rings. The van der Waals surface area contributed by atoms with Crippen LogP contribution in [0.3, 0.4) is 0 Å². The molecule has 7 aromatic carbocycles. The SMILES string of the molecule is [2H]c1c([2H])c([2H])c(-c2cccc(-c3c([2H])c([2H])c([2H])c([2H])c3[2H])c2-[n+]2[c-]n(-c3[c-]c(Oc4[c-]c5c(cc4)c4cc(C(C)(C)C)ccc4n5-c4cc(C([2H])(C)C(C)C)ccn4)ccc3)c3cccc(C)c32)c([2H])c1[2H].[Pt]. The van der Waals surface area contributed by atoms with E-state index in [1.54, 1.807) is 39.6 Å². The maximum atomic E-state index is 9.23. The molecule has 1 atom stereocenters. The van der Waals surface area contributed by atoms with E-state index in [-0.39, 0.29) is 60.3 Å². The van der Waals surface area contributed by atoms with Crippen LogP contribution in [-0.4, -0.2) is 14.1 Å². The van der Waals surface area contributed by atoms with Gasteiger partial charge in [0.05, 0.1) is 30.4 Å². The summed E-state index contributed by atoms with van der Waals surface area (Å²) >= 11 is 0. The smallest absolute Gasteiger partial charge is 0.268 e. The molecule has 0 radical (unpaired) electrons. The van der Waals surface area contributed by atoms with Crippen LogP contribution in [0.4, 0.5) is 0 Å². The van der Waals surface area contributed by atoms with Crippen LogP contribution in [0.15, 0.2) is 164 Å². The molecule has 6 heteroatoms. The van der Waals surface area contributed by atoms with Gasteiger partial charge in [-0.2, -0.15) is 18.2 Å². The average Bonchev–Trinajstić information content (AvgIpc) is 3.95.